The van der Waals surface area contributed by atoms with Crippen LogP contribution < -0.4 is 5.32 Å². The Kier molecular flexibility index (Phi) is 4.53. The molecule has 0 fully saturated rings. The van der Waals surface area contributed by atoms with Gasteiger partial charge in [-0.15, -0.1) is 0 Å². The third-order valence-electron chi connectivity index (χ3n) is 3.95. The van der Waals surface area contributed by atoms with Crippen molar-refractivity contribution in [2.24, 2.45) is 0 Å². The monoisotopic (exact) mass is 328 g/mol. The van der Waals surface area contributed by atoms with Crippen molar-refractivity contribution >= 4 is 28.6 Å². The van der Waals surface area contributed by atoms with Crippen molar-refractivity contribution in [3.8, 4) is 0 Å². The van der Waals surface area contributed by atoms with Gasteiger partial charge in [0.2, 0.25) is 0 Å². The maximum absolute atomic E-state index is 10.7. The Hall–Kier alpha value is -2.46. The summed E-state index contributed by atoms with van der Waals surface area (Å²) in [7, 11) is 0. The Morgan fingerprint density at radius 1 is 1.17 bits per heavy atom. The molecular weight excluding hydrogens is 312 g/mol. The first kappa shape index (κ1) is 15.4. The van der Waals surface area contributed by atoms with Crippen molar-refractivity contribution in [2.75, 3.05) is 6.54 Å². The topological polar surface area (TPSA) is 65.1 Å². The highest BCUT2D eigenvalue weighted by Gasteiger charge is 2.16. The highest BCUT2D eigenvalue weighted by atomic mass is 35.5. The number of hydrogen-bond acceptors (Lipinski definition) is 1. The first-order valence-electron chi connectivity index (χ1n) is 7.43. The van der Waals surface area contributed by atoms with Crippen molar-refractivity contribution in [2.45, 2.75) is 12.3 Å². The molecule has 2 aromatic carbocycles. The molecule has 0 radical (unpaired) electrons. The van der Waals surface area contributed by atoms with Crippen molar-refractivity contribution in [3.05, 3.63) is 70.9 Å². The summed E-state index contributed by atoms with van der Waals surface area (Å²) in [6.45, 7) is 0.387. The van der Waals surface area contributed by atoms with E-state index in [1.165, 1.54) is 0 Å². The third kappa shape index (κ3) is 3.48. The predicted molar refractivity (Wildman–Crippen MR) is 92.2 cm³/mol. The molecule has 3 aromatic rings. The zero-order chi connectivity index (χ0) is 16.2. The number of carbonyl (C=O) groups is 1. The van der Waals surface area contributed by atoms with Crippen LogP contribution in [-0.2, 0) is 0 Å². The second kappa shape index (κ2) is 6.75. The standard InChI is InChI=1S/C18H17ClN2O2/c19-16-11-14(10-13-6-8-20-17(13)16)15(7-9-21-18(22)23)12-4-2-1-3-5-12/h1-6,8,10-11,15,20-21H,7,9H2,(H,22,23). The number of nitrogens with one attached hydrogen (secondary N) is 2. The largest absolute Gasteiger partial charge is 0.465 e. The molecule has 118 valence electrons. The molecular formula is C18H17ClN2O2. The lowest BCUT2D eigenvalue weighted by Gasteiger charge is -2.19. The van der Waals surface area contributed by atoms with Gasteiger partial charge in [-0.25, -0.2) is 4.79 Å². The summed E-state index contributed by atoms with van der Waals surface area (Å²) in [5.41, 5.74) is 3.15. The summed E-state index contributed by atoms with van der Waals surface area (Å²) >= 11 is 6.38. The minimum Gasteiger partial charge on any atom is -0.465 e. The normalized spacial score (nSPS) is 12.2. The van der Waals surface area contributed by atoms with E-state index in [1.54, 1.807) is 0 Å². The van der Waals surface area contributed by atoms with Gasteiger partial charge < -0.3 is 15.4 Å². The van der Waals surface area contributed by atoms with Crippen LogP contribution in [0.2, 0.25) is 5.02 Å². The van der Waals surface area contributed by atoms with Gasteiger partial charge >= 0.3 is 6.09 Å². The molecule has 0 spiro atoms. The summed E-state index contributed by atoms with van der Waals surface area (Å²) in [5, 5.41) is 13.0. The fourth-order valence-electron chi connectivity index (χ4n) is 2.88. The van der Waals surface area contributed by atoms with Gasteiger partial charge in [0, 0.05) is 24.0 Å². The number of aromatic nitrogens is 1. The summed E-state index contributed by atoms with van der Waals surface area (Å²) < 4.78 is 0. The lowest BCUT2D eigenvalue weighted by atomic mass is 9.88. The molecule has 1 aromatic heterocycles. The number of benzene rings is 2. The Balaban J connectivity index is 1.97. The molecule has 0 aliphatic heterocycles. The lowest BCUT2D eigenvalue weighted by molar-refractivity contribution is 0.194. The van der Waals surface area contributed by atoms with Crippen LogP contribution in [0, 0.1) is 0 Å². The Bertz CT molecular complexity index is 814. The highest BCUT2D eigenvalue weighted by molar-refractivity contribution is 6.35. The van der Waals surface area contributed by atoms with E-state index < -0.39 is 6.09 Å². The van der Waals surface area contributed by atoms with Crippen LogP contribution in [0.15, 0.2) is 54.7 Å². The van der Waals surface area contributed by atoms with E-state index in [9.17, 15) is 4.79 Å². The minimum absolute atomic E-state index is 0.0832. The number of hydrogen-bond donors (Lipinski definition) is 3. The van der Waals surface area contributed by atoms with Crippen LogP contribution in [0.4, 0.5) is 4.79 Å². The van der Waals surface area contributed by atoms with Crippen LogP contribution in [0.1, 0.15) is 23.5 Å². The number of aromatic amines is 1. The average Bonchev–Trinajstić information content (AvgIpc) is 3.01. The Morgan fingerprint density at radius 3 is 2.70 bits per heavy atom. The molecule has 4 nitrogen and oxygen atoms in total. The summed E-state index contributed by atoms with van der Waals surface area (Å²) in [5.74, 6) is 0.0832. The second-order valence-corrected chi connectivity index (χ2v) is 5.84. The average molecular weight is 329 g/mol. The Labute approximate surface area is 139 Å². The molecule has 0 bridgehead atoms. The molecule has 1 heterocycles. The van der Waals surface area contributed by atoms with Gasteiger partial charge in [-0.3, -0.25) is 0 Å². The van der Waals surface area contributed by atoms with Crippen LogP contribution >= 0.6 is 11.6 Å². The van der Waals surface area contributed by atoms with E-state index in [4.69, 9.17) is 16.7 Å². The van der Waals surface area contributed by atoms with Crippen LogP contribution in [0.5, 0.6) is 0 Å². The second-order valence-electron chi connectivity index (χ2n) is 5.43. The van der Waals surface area contributed by atoms with E-state index in [-0.39, 0.29) is 5.92 Å². The van der Waals surface area contributed by atoms with Crippen LogP contribution in [0.25, 0.3) is 10.9 Å². The minimum atomic E-state index is -1.00. The number of H-pyrrole nitrogens is 1. The summed E-state index contributed by atoms with van der Waals surface area (Å²) in [4.78, 5) is 13.8. The molecule has 23 heavy (non-hydrogen) atoms. The number of rotatable bonds is 5. The van der Waals surface area contributed by atoms with E-state index in [0.717, 1.165) is 22.0 Å². The molecule has 1 unspecified atom stereocenters. The van der Waals surface area contributed by atoms with Gasteiger partial charge in [-0.05, 0) is 35.7 Å². The van der Waals surface area contributed by atoms with Gasteiger partial charge in [0.15, 0.2) is 0 Å². The van der Waals surface area contributed by atoms with E-state index >= 15 is 0 Å². The van der Waals surface area contributed by atoms with Crippen molar-refractivity contribution in [3.63, 3.8) is 0 Å². The number of halogens is 1. The van der Waals surface area contributed by atoms with E-state index in [2.05, 4.69) is 28.5 Å². The van der Waals surface area contributed by atoms with E-state index in [1.807, 2.05) is 36.5 Å². The number of amides is 1. The maximum atomic E-state index is 10.7. The van der Waals surface area contributed by atoms with Gasteiger partial charge in [0.1, 0.15) is 0 Å². The fraction of sp³-hybridized carbons (Fsp3) is 0.167. The molecule has 5 heteroatoms. The third-order valence-corrected chi connectivity index (χ3v) is 4.25. The lowest BCUT2D eigenvalue weighted by Crippen LogP contribution is -2.23. The molecule has 0 saturated heterocycles. The first-order chi connectivity index (χ1) is 11.1. The summed E-state index contributed by atoms with van der Waals surface area (Å²) in [6, 6.07) is 16.1. The quantitative estimate of drug-likeness (QED) is 0.640. The fourth-order valence-corrected chi connectivity index (χ4v) is 3.17. The van der Waals surface area contributed by atoms with Crippen LogP contribution in [0.3, 0.4) is 0 Å². The number of carboxylic acid groups (broad SMARTS) is 1. The van der Waals surface area contributed by atoms with Gasteiger partial charge in [-0.1, -0.05) is 41.9 Å². The highest BCUT2D eigenvalue weighted by Crippen LogP contribution is 2.33. The van der Waals surface area contributed by atoms with Gasteiger partial charge in [0.25, 0.3) is 0 Å². The van der Waals surface area contributed by atoms with Gasteiger partial charge in [0.05, 0.1) is 10.5 Å². The van der Waals surface area contributed by atoms with E-state index in [0.29, 0.717) is 18.0 Å². The van der Waals surface area contributed by atoms with Crippen molar-refractivity contribution in [1.82, 2.24) is 10.3 Å². The zero-order valence-corrected chi connectivity index (χ0v) is 13.2. The van der Waals surface area contributed by atoms with Crippen molar-refractivity contribution in [1.29, 1.82) is 0 Å². The molecule has 0 saturated carbocycles. The molecule has 0 aliphatic carbocycles. The molecule has 1 atom stereocenters. The predicted octanol–water partition coefficient (Wildman–Crippen LogP) is 4.61. The Morgan fingerprint density at radius 2 is 1.96 bits per heavy atom. The van der Waals surface area contributed by atoms with Gasteiger partial charge in [-0.2, -0.15) is 0 Å². The molecule has 0 aliphatic rings. The van der Waals surface area contributed by atoms with Crippen molar-refractivity contribution < 1.29 is 9.90 Å². The smallest absolute Gasteiger partial charge is 0.404 e. The first-order valence-corrected chi connectivity index (χ1v) is 7.81. The SMILES string of the molecule is O=C(O)NCCC(c1ccccc1)c1cc(Cl)c2[nH]ccc2c1. The molecule has 3 N–H and O–H groups in total. The zero-order valence-electron chi connectivity index (χ0n) is 12.4. The number of fused-ring (bicyclic) bond motifs is 1. The van der Waals surface area contributed by atoms with Crippen LogP contribution in [-0.4, -0.2) is 22.7 Å². The molecule has 1 amide bonds. The maximum Gasteiger partial charge on any atom is 0.404 e. The molecule has 3 rings (SSSR count). The summed E-state index contributed by atoms with van der Waals surface area (Å²) in [6.07, 6.45) is 1.53.